The monoisotopic (exact) mass is 192 g/mol. The van der Waals surface area contributed by atoms with E-state index < -0.39 is 5.91 Å². The highest BCUT2D eigenvalue weighted by atomic mass is 16.1. The molecule has 14 heavy (non-hydrogen) atoms. The van der Waals surface area contributed by atoms with Crippen LogP contribution >= 0.6 is 0 Å². The molecule has 3 nitrogen and oxygen atoms in total. The van der Waals surface area contributed by atoms with Gasteiger partial charge < -0.3 is 11.5 Å². The van der Waals surface area contributed by atoms with Crippen LogP contribution in [0.5, 0.6) is 0 Å². The third kappa shape index (κ3) is 2.12. The average Bonchev–Trinajstić information content (AvgIpc) is 2.16. The van der Waals surface area contributed by atoms with Gasteiger partial charge in [0.1, 0.15) is 0 Å². The van der Waals surface area contributed by atoms with E-state index in [-0.39, 0.29) is 12.0 Å². The molecule has 1 aromatic rings. The number of hydrogen-bond acceptors (Lipinski definition) is 2. The molecule has 4 N–H and O–H groups in total. The SMILES string of the molecule is CC(C)[C@H](N)c1ccccc1C(N)=O. The number of hydrogen-bond donors (Lipinski definition) is 2. The molecule has 1 amide bonds. The van der Waals surface area contributed by atoms with Crippen molar-refractivity contribution in [2.75, 3.05) is 0 Å². The van der Waals surface area contributed by atoms with Crippen LogP contribution in [0.3, 0.4) is 0 Å². The van der Waals surface area contributed by atoms with Crippen LogP contribution in [0.1, 0.15) is 35.8 Å². The molecule has 0 fully saturated rings. The van der Waals surface area contributed by atoms with E-state index in [9.17, 15) is 4.79 Å². The van der Waals surface area contributed by atoms with Crippen molar-refractivity contribution in [1.29, 1.82) is 0 Å². The third-order valence-corrected chi connectivity index (χ3v) is 2.30. The second-order valence-electron chi connectivity index (χ2n) is 3.72. The normalized spacial score (nSPS) is 12.9. The third-order valence-electron chi connectivity index (χ3n) is 2.30. The quantitative estimate of drug-likeness (QED) is 0.760. The summed E-state index contributed by atoms with van der Waals surface area (Å²) in [6, 6.07) is 7.07. The second-order valence-corrected chi connectivity index (χ2v) is 3.72. The Bertz CT molecular complexity index is 334. The van der Waals surface area contributed by atoms with E-state index in [0.717, 1.165) is 5.56 Å². The summed E-state index contributed by atoms with van der Waals surface area (Å²) in [4.78, 5) is 11.1. The largest absolute Gasteiger partial charge is 0.366 e. The molecule has 0 bridgehead atoms. The molecular weight excluding hydrogens is 176 g/mol. The number of carbonyl (C=O) groups is 1. The first-order chi connectivity index (χ1) is 6.54. The van der Waals surface area contributed by atoms with Gasteiger partial charge in [0.05, 0.1) is 0 Å². The number of benzene rings is 1. The Morgan fingerprint density at radius 3 is 2.36 bits per heavy atom. The highest BCUT2D eigenvalue weighted by Crippen LogP contribution is 2.21. The Labute approximate surface area is 84.1 Å². The smallest absolute Gasteiger partial charge is 0.249 e. The zero-order valence-electron chi connectivity index (χ0n) is 8.53. The van der Waals surface area contributed by atoms with E-state index >= 15 is 0 Å². The number of carbonyl (C=O) groups excluding carboxylic acids is 1. The van der Waals surface area contributed by atoms with Gasteiger partial charge in [-0.2, -0.15) is 0 Å². The van der Waals surface area contributed by atoms with Crippen LogP contribution in [-0.4, -0.2) is 5.91 Å². The molecule has 0 saturated heterocycles. The summed E-state index contributed by atoms with van der Waals surface area (Å²) in [5, 5.41) is 0. The molecule has 0 aliphatic carbocycles. The molecule has 0 aromatic heterocycles. The van der Waals surface area contributed by atoms with Crippen LogP contribution in [-0.2, 0) is 0 Å². The van der Waals surface area contributed by atoms with Gasteiger partial charge in [-0.05, 0) is 17.5 Å². The van der Waals surface area contributed by atoms with Crippen LogP contribution in [0, 0.1) is 5.92 Å². The summed E-state index contributed by atoms with van der Waals surface area (Å²) in [7, 11) is 0. The second kappa shape index (κ2) is 4.24. The summed E-state index contributed by atoms with van der Waals surface area (Å²) in [5.74, 6) is -0.132. The number of primary amides is 1. The van der Waals surface area contributed by atoms with Crippen LogP contribution in [0.4, 0.5) is 0 Å². The predicted octanol–water partition coefficient (Wildman–Crippen LogP) is 1.44. The van der Waals surface area contributed by atoms with Gasteiger partial charge in [0.15, 0.2) is 0 Å². The predicted molar refractivity (Wildman–Crippen MR) is 56.7 cm³/mol. The zero-order chi connectivity index (χ0) is 10.7. The molecule has 0 spiro atoms. The van der Waals surface area contributed by atoms with Crippen molar-refractivity contribution in [3.05, 3.63) is 35.4 Å². The maximum Gasteiger partial charge on any atom is 0.249 e. The Morgan fingerprint density at radius 2 is 1.86 bits per heavy atom. The van der Waals surface area contributed by atoms with Crippen molar-refractivity contribution in [1.82, 2.24) is 0 Å². The van der Waals surface area contributed by atoms with Crippen LogP contribution < -0.4 is 11.5 Å². The summed E-state index contributed by atoms with van der Waals surface area (Å²) in [6.45, 7) is 4.03. The fourth-order valence-electron chi connectivity index (χ4n) is 1.37. The molecule has 76 valence electrons. The van der Waals surface area contributed by atoms with E-state index in [0.29, 0.717) is 5.56 Å². The van der Waals surface area contributed by atoms with Gasteiger partial charge in [0, 0.05) is 11.6 Å². The molecule has 0 heterocycles. The fraction of sp³-hybridized carbons (Fsp3) is 0.364. The lowest BCUT2D eigenvalue weighted by atomic mass is 9.93. The average molecular weight is 192 g/mol. The number of amides is 1. The van der Waals surface area contributed by atoms with Gasteiger partial charge in [-0.1, -0.05) is 32.0 Å². The van der Waals surface area contributed by atoms with Crippen LogP contribution in [0.15, 0.2) is 24.3 Å². The lowest BCUT2D eigenvalue weighted by Crippen LogP contribution is -2.22. The van der Waals surface area contributed by atoms with E-state index in [1.165, 1.54) is 0 Å². The molecule has 1 atom stereocenters. The van der Waals surface area contributed by atoms with Crippen molar-refractivity contribution in [2.24, 2.45) is 17.4 Å². The van der Waals surface area contributed by atoms with Crippen LogP contribution in [0.25, 0.3) is 0 Å². The first-order valence-electron chi connectivity index (χ1n) is 4.68. The van der Waals surface area contributed by atoms with Crippen molar-refractivity contribution < 1.29 is 4.79 Å². The molecule has 0 unspecified atom stereocenters. The van der Waals surface area contributed by atoms with Gasteiger partial charge in [-0.15, -0.1) is 0 Å². The minimum Gasteiger partial charge on any atom is -0.366 e. The molecule has 1 rings (SSSR count). The summed E-state index contributed by atoms with van der Waals surface area (Å²) < 4.78 is 0. The summed E-state index contributed by atoms with van der Waals surface area (Å²) in [5.41, 5.74) is 12.6. The molecular formula is C11H16N2O. The first-order valence-corrected chi connectivity index (χ1v) is 4.68. The van der Waals surface area contributed by atoms with Gasteiger partial charge in [-0.3, -0.25) is 4.79 Å². The highest BCUT2D eigenvalue weighted by Gasteiger charge is 2.16. The van der Waals surface area contributed by atoms with Gasteiger partial charge in [0.2, 0.25) is 5.91 Å². The van der Waals surface area contributed by atoms with Crippen molar-refractivity contribution in [3.63, 3.8) is 0 Å². The maximum absolute atomic E-state index is 11.1. The molecule has 0 radical (unpaired) electrons. The van der Waals surface area contributed by atoms with Crippen molar-refractivity contribution in [2.45, 2.75) is 19.9 Å². The minimum atomic E-state index is -0.420. The first kappa shape index (κ1) is 10.7. The lowest BCUT2D eigenvalue weighted by molar-refractivity contribution is 0.0998. The fourth-order valence-corrected chi connectivity index (χ4v) is 1.37. The molecule has 0 aliphatic heterocycles. The van der Waals surface area contributed by atoms with E-state index in [1.807, 2.05) is 26.0 Å². The summed E-state index contributed by atoms with van der Waals surface area (Å²) in [6.07, 6.45) is 0. The topological polar surface area (TPSA) is 69.1 Å². The number of nitrogens with two attached hydrogens (primary N) is 2. The van der Waals surface area contributed by atoms with Crippen molar-refractivity contribution in [3.8, 4) is 0 Å². The minimum absolute atomic E-state index is 0.140. The van der Waals surface area contributed by atoms with Crippen LogP contribution in [0.2, 0.25) is 0 Å². The van der Waals surface area contributed by atoms with Crippen molar-refractivity contribution >= 4 is 5.91 Å². The Morgan fingerprint density at radius 1 is 1.29 bits per heavy atom. The van der Waals surface area contributed by atoms with Gasteiger partial charge in [-0.25, -0.2) is 0 Å². The van der Waals surface area contributed by atoms with E-state index in [1.54, 1.807) is 12.1 Å². The Hall–Kier alpha value is -1.35. The van der Waals surface area contributed by atoms with Gasteiger partial charge in [0.25, 0.3) is 0 Å². The molecule has 0 saturated carbocycles. The standard InChI is InChI=1S/C11H16N2O/c1-7(2)10(12)8-5-3-4-6-9(8)11(13)14/h3-7,10H,12H2,1-2H3,(H2,13,14)/t10-/m0/s1. The Kier molecular flexibility index (Phi) is 3.25. The number of rotatable bonds is 3. The highest BCUT2D eigenvalue weighted by molar-refractivity contribution is 5.94. The molecule has 3 heteroatoms. The van der Waals surface area contributed by atoms with E-state index in [4.69, 9.17) is 11.5 Å². The maximum atomic E-state index is 11.1. The summed E-state index contributed by atoms with van der Waals surface area (Å²) >= 11 is 0. The zero-order valence-corrected chi connectivity index (χ0v) is 8.53. The molecule has 0 aliphatic rings. The lowest BCUT2D eigenvalue weighted by Gasteiger charge is -2.18. The van der Waals surface area contributed by atoms with Gasteiger partial charge >= 0.3 is 0 Å². The Balaban J connectivity index is 3.13. The van der Waals surface area contributed by atoms with E-state index in [2.05, 4.69) is 0 Å². The molecule has 1 aromatic carbocycles.